The lowest BCUT2D eigenvalue weighted by Crippen LogP contribution is -2.63. The molecule has 1 saturated heterocycles. The van der Waals surface area contributed by atoms with Crippen molar-refractivity contribution in [2.75, 3.05) is 12.4 Å². The maximum atomic E-state index is 14.4. The number of carbonyl (C=O) groups excluding carboxylic acids is 2. The number of nitrogens with two attached hydrogens (primary N) is 1. The summed E-state index contributed by atoms with van der Waals surface area (Å²) in [6, 6.07) is 15.7. The first-order chi connectivity index (χ1) is 20.1. The molecule has 0 amide bonds. The first-order valence-corrected chi connectivity index (χ1v) is 15.1. The molecule has 4 fully saturated rings. The first kappa shape index (κ1) is 27.7. The van der Waals surface area contributed by atoms with E-state index in [1.165, 1.54) is 0 Å². The van der Waals surface area contributed by atoms with Crippen LogP contribution in [0.5, 0.6) is 0 Å². The molecular formula is C35H38FNO5. The van der Waals surface area contributed by atoms with E-state index in [1.54, 1.807) is 12.2 Å². The van der Waals surface area contributed by atoms with Crippen LogP contribution < -0.4 is 5.73 Å². The number of aliphatic hydroxyl groups is 1. The third-order valence-corrected chi connectivity index (χ3v) is 11.4. The van der Waals surface area contributed by atoms with Gasteiger partial charge in [-0.2, -0.15) is 0 Å². The van der Waals surface area contributed by atoms with Gasteiger partial charge in [0, 0.05) is 28.0 Å². The van der Waals surface area contributed by atoms with Crippen molar-refractivity contribution in [3.63, 3.8) is 0 Å². The molecular weight excluding hydrogens is 533 g/mol. The fourth-order valence-electron chi connectivity index (χ4n) is 9.55. The molecule has 0 unspecified atom stereocenters. The van der Waals surface area contributed by atoms with Crippen molar-refractivity contribution >= 4 is 17.3 Å². The van der Waals surface area contributed by atoms with Crippen LogP contribution in [0, 0.1) is 28.6 Å². The van der Waals surface area contributed by atoms with Gasteiger partial charge in [0.25, 0.3) is 0 Å². The van der Waals surface area contributed by atoms with Crippen LogP contribution >= 0.6 is 0 Å². The summed E-state index contributed by atoms with van der Waals surface area (Å²) in [5.74, 6) is -0.609. The minimum atomic E-state index is -1.47. The Morgan fingerprint density at radius 3 is 2.67 bits per heavy atom. The van der Waals surface area contributed by atoms with Gasteiger partial charge in [0.2, 0.25) is 0 Å². The van der Waals surface area contributed by atoms with Crippen LogP contribution in [-0.4, -0.2) is 41.2 Å². The highest BCUT2D eigenvalue weighted by Gasteiger charge is 2.76. The van der Waals surface area contributed by atoms with Crippen molar-refractivity contribution in [2.45, 2.75) is 70.1 Å². The molecule has 220 valence electrons. The molecule has 6 nitrogen and oxygen atoms in total. The number of allylic oxidation sites excluding steroid dienone is 4. The van der Waals surface area contributed by atoms with Gasteiger partial charge >= 0.3 is 0 Å². The maximum absolute atomic E-state index is 14.4. The lowest BCUT2D eigenvalue weighted by Gasteiger charge is -2.59. The van der Waals surface area contributed by atoms with Gasteiger partial charge in [0.1, 0.15) is 0 Å². The Hall–Kier alpha value is -3.13. The molecule has 3 saturated carbocycles. The van der Waals surface area contributed by atoms with Crippen LogP contribution in [0.4, 0.5) is 10.1 Å². The monoisotopic (exact) mass is 571 g/mol. The van der Waals surface area contributed by atoms with E-state index in [1.807, 2.05) is 61.5 Å². The van der Waals surface area contributed by atoms with Crippen molar-refractivity contribution in [1.29, 1.82) is 0 Å². The van der Waals surface area contributed by atoms with Gasteiger partial charge in [-0.25, -0.2) is 4.39 Å². The number of ketones is 2. The second kappa shape index (κ2) is 9.69. The Morgan fingerprint density at radius 2 is 1.93 bits per heavy atom. The Morgan fingerprint density at radius 1 is 1.14 bits per heavy atom. The summed E-state index contributed by atoms with van der Waals surface area (Å²) in [7, 11) is 0. The standard InChI is InChI=1S/C35H38FNO5/c1-33-13-12-25(38)16-23(33)10-11-26-27-17-30-35(29(40)19-36,34(27,2)18-28(39)31(26)33)42-32(41-30)22-8-6-20(7-9-22)14-21-4-3-5-24(37)15-21/h3-9,12-13,15-16,26-28,30-32,39H,10-11,14,17-19,37H2,1-2H3/t26-,27-,28-,30+,31+,32+,33-,34-,35+/m0/s1. The fourth-order valence-corrected chi connectivity index (χ4v) is 9.55. The van der Waals surface area contributed by atoms with Crippen LogP contribution in [0.25, 0.3) is 0 Å². The van der Waals surface area contributed by atoms with Crippen molar-refractivity contribution in [2.24, 2.45) is 28.6 Å². The maximum Gasteiger partial charge on any atom is 0.198 e. The van der Waals surface area contributed by atoms with E-state index in [0.29, 0.717) is 12.8 Å². The predicted molar refractivity (Wildman–Crippen MR) is 156 cm³/mol. The molecule has 3 N–H and O–H groups in total. The fraction of sp³-hybridized carbons (Fsp3) is 0.486. The number of ether oxygens (including phenoxy) is 2. The van der Waals surface area contributed by atoms with Crippen LogP contribution in [0.2, 0.25) is 0 Å². The second-order valence-corrected chi connectivity index (χ2v) is 13.5. The lowest BCUT2D eigenvalue weighted by molar-refractivity contribution is -0.200. The van der Waals surface area contributed by atoms with Crippen LogP contribution in [-0.2, 0) is 25.5 Å². The number of anilines is 1. The van der Waals surface area contributed by atoms with Gasteiger partial charge in [0.15, 0.2) is 30.1 Å². The van der Waals surface area contributed by atoms with Gasteiger partial charge in [0.05, 0.1) is 12.2 Å². The first-order valence-electron chi connectivity index (χ1n) is 15.1. The lowest BCUT2D eigenvalue weighted by atomic mass is 9.46. The van der Waals surface area contributed by atoms with E-state index >= 15 is 0 Å². The number of hydrogen-bond donors (Lipinski definition) is 2. The summed E-state index contributed by atoms with van der Waals surface area (Å²) in [5.41, 5.74) is 8.02. The molecule has 7 heteroatoms. The summed E-state index contributed by atoms with van der Waals surface area (Å²) in [5, 5.41) is 11.8. The van der Waals surface area contributed by atoms with Crippen molar-refractivity contribution in [3.05, 3.63) is 89.0 Å². The Bertz CT molecular complexity index is 1500. The molecule has 1 aliphatic heterocycles. The molecule has 42 heavy (non-hydrogen) atoms. The van der Waals surface area contributed by atoms with Gasteiger partial charge < -0.3 is 20.3 Å². The Balaban J connectivity index is 1.18. The minimum Gasteiger partial charge on any atom is -0.399 e. The molecule has 1 heterocycles. The van der Waals surface area contributed by atoms with E-state index in [-0.39, 0.29) is 23.5 Å². The summed E-state index contributed by atoms with van der Waals surface area (Å²) in [6.45, 7) is 2.97. The normalized spacial score (nSPS) is 40.1. The number of carbonyl (C=O) groups is 2. The quantitative estimate of drug-likeness (QED) is 0.464. The highest BCUT2D eigenvalue weighted by atomic mass is 19.1. The highest BCUT2D eigenvalue weighted by molar-refractivity contribution is 6.01. The number of Topliss-reactive ketones (excluding diaryl/α,β-unsaturated/α-hetero) is 1. The van der Waals surface area contributed by atoms with Crippen LogP contribution in [0.15, 0.2) is 72.3 Å². The summed E-state index contributed by atoms with van der Waals surface area (Å²) >= 11 is 0. The van der Waals surface area contributed by atoms with E-state index in [0.717, 1.165) is 47.2 Å². The molecule has 5 aliphatic rings. The number of alkyl halides is 1. The third kappa shape index (κ3) is 3.86. The number of rotatable bonds is 5. The molecule has 0 bridgehead atoms. The van der Waals surface area contributed by atoms with Crippen molar-refractivity contribution in [3.8, 4) is 0 Å². The predicted octanol–water partition coefficient (Wildman–Crippen LogP) is 5.44. The SMILES string of the molecule is C[C@]12C=CC(=O)C=C1CC[C@@H]1[C@@H]2[C@@H](O)C[C@@]2(C)[C@H]1C[C@H]1O[C@@H](c3ccc(Cc4cccc(N)c4)cc3)O[C@]12C(=O)CF. The molecule has 4 aliphatic carbocycles. The van der Waals surface area contributed by atoms with Crippen LogP contribution in [0.3, 0.4) is 0 Å². The average molecular weight is 572 g/mol. The van der Waals surface area contributed by atoms with E-state index in [2.05, 4.69) is 6.92 Å². The molecule has 9 atom stereocenters. The largest absolute Gasteiger partial charge is 0.399 e. The number of fused-ring (bicyclic) bond motifs is 7. The smallest absolute Gasteiger partial charge is 0.198 e. The molecule has 0 aromatic heterocycles. The van der Waals surface area contributed by atoms with Crippen molar-refractivity contribution < 1.29 is 28.6 Å². The average Bonchev–Trinajstić information content (AvgIpc) is 3.46. The third-order valence-electron chi connectivity index (χ3n) is 11.4. The zero-order valence-corrected chi connectivity index (χ0v) is 24.1. The topological polar surface area (TPSA) is 98.8 Å². The van der Waals surface area contributed by atoms with Gasteiger partial charge in [-0.05, 0) is 79.4 Å². The number of aliphatic hydroxyl groups excluding tert-OH is 1. The van der Waals surface area contributed by atoms with E-state index in [9.17, 15) is 19.1 Å². The van der Waals surface area contributed by atoms with Crippen LogP contribution in [0.1, 0.15) is 62.5 Å². The number of benzene rings is 2. The van der Waals surface area contributed by atoms with Gasteiger partial charge in [-0.3, -0.25) is 9.59 Å². The summed E-state index contributed by atoms with van der Waals surface area (Å²) in [4.78, 5) is 25.7. The minimum absolute atomic E-state index is 0.00964. The molecule has 2 aromatic rings. The number of nitrogen functional groups attached to an aromatic ring is 1. The zero-order valence-electron chi connectivity index (χ0n) is 24.1. The molecule has 0 spiro atoms. The van der Waals surface area contributed by atoms with Gasteiger partial charge in [-0.15, -0.1) is 0 Å². The highest BCUT2D eigenvalue weighted by Crippen LogP contribution is 2.70. The number of halogens is 1. The second-order valence-electron chi connectivity index (χ2n) is 13.5. The zero-order chi connectivity index (χ0) is 29.4. The summed E-state index contributed by atoms with van der Waals surface area (Å²) < 4.78 is 27.5. The summed E-state index contributed by atoms with van der Waals surface area (Å²) in [6.07, 6.45) is 6.32. The molecule has 0 radical (unpaired) electrons. The van der Waals surface area contributed by atoms with Gasteiger partial charge in [-0.1, -0.05) is 61.9 Å². The molecule has 2 aromatic carbocycles. The Kier molecular flexibility index (Phi) is 6.39. The number of hydrogen-bond acceptors (Lipinski definition) is 6. The van der Waals surface area contributed by atoms with E-state index in [4.69, 9.17) is 15.2 Å². The van der Waals surface area contributed by atoms with Crippen molar-refractivity contribution in [1.82, 2.24) is 0 Å². The van der Waals surface area contributed by atoms with E-state index < -0.39 is 47.4 Å². The Labute approximate surface area is 245 Å². The molecule has 7 rings (SSSR count).